The van der Waals surface area contributed by atoms with Gasteiger partial charge in [-0.25, -0.2) is 4.79 Å². The van der Waals surface area contributed by atoms with Gasteiger partial charge in [0.05, 0.1) is 13.7 Å². The largest absolute Gasteiger partial charge is 0.497 e. The first-order valence-electron chi connectivity index (χ1n) is 7.40. The van der Waals surface area contributed by atoms with Crippen LogP contribution in [0, 0.1) is 0 Å². The predicted molar refractivity (Wildman–Crippen MR) is 97.5 cm³/mol. The first-order valence-corrected chi connectivity index (χ1v) is 9.10. The van der Waals surface area contributed by atoms with Crippen LogP contribution in [0.25, 0.3) is 0 Å². The van der Waals surface area contributed by atoms with Gasteiger partial charge in [0.25, 0.3) is 0 Å². The maximum atomic E-state index is 12.0. The van der Waals surface area contributed by atoms with Crippen molar-refractivity contribution in [2.24, 2.45) is 0 Å². The van der Waals surface area contributed by atoms with Crippen molar-refractivity contribution in [3.63, 3.8) is 0 Å². The monoisotopic (exact) mass is 382 g/mol. The molecule has 10 heteroatoms. The first-order chi connectivity index (χ1) is 12.0. The Bertz CT molecular complexity index is 721. The van der Waals surface area contributed by atoms with Crippen LogP contribution in [0.4, 0.5) is 15.6 Å². The maximum Gasteiger partial charge on any atom is 0.325 e. The molecule has 0 saturated carbocycles. The summed E-state index contributed by atoms with van der Waals surface area (Å²) < 4.78 is 10.6. The van der Waals surface area contributed by atoms with Crippen molar-refractivity contribution < 1.29 is 19.1 Å². The fourth-order valence-electron chi connectivity index (χ4n) is 1.70. The third-order valence-corrected chi connectivity index (χ3v) is 4.87. The van der Waals surface area contributed by atoms with E-state index in [2.05, 4.69) is 20.8 Å². The molecule has 2 aromatic rings. The molecule has 0 radical (unpaired) electrons. The summed E-state index contributed by atoms with van der Waals surface area (Å²) in [5.74, 6) is 0.391. The number of rotatable bonds is 7. The Balaban J connectivity index is 1.87. The van der Waals surface area contributed by atoms with Crippen LogP contribution in [-0.4, -0.2) is 41.2 Å². The van der Waals surface area contributed by atoms with Gasteiger partial charge in [-0.2, -0.15) is 0 Å². The summed E-state index contributed by atoms with van der Waals surface area (Å²) in [5, 5.41) is 13.1. The van der Waals surface area contributed by atoms with Crippen LogP contribution in [0.15, 0.2) is 28.6 Å². The molecule has 8 nitrogen and oxygen atoms in total. The number of thioether (sulfide) groups is 1. The van der Waals surface area contributed by atoms with Crippen molar-refractivity contribution in [2.75, 3.05) is 24.4 Å². The van der Waals surface area contributed by atoms with Crippen molar-refractivity contribution in [3.8, 4) is 5.75 Å². The normalized spacial score (nSPS) is 11.5. The van der Waals surface area contributed by atoms with Crippen LogP contribution in [0.1, 0.15) is 13.8 Å². The Morgan fingerprint density at radius 2 is 1.96 bits per heavy atom. The molecule has 0 aliphatic carbocycles. The van der Waals surface area contributed by atoms with Gasteiger partial charge in [-0.05, 0) is 38.1 Å². The third-order valence-electron chi connectivity index (χ3n) is 2.87. The van der Waals surface area contributed by atoms with E-state index in [1.165, 1.54) is 23.1 Å². The molecule has 1 heterocycles. The second kappa shape index (κ2) is 9.23. The number of ether oxygens (including phenoxy) is 2. The van der Waals surface area contributed by atoms with Crippen LogP contribution in [-0.2, 0) is 9.53 Å². The van der Waals surface area contributed by atoms with Crippen molar-refractivity contribution in [1.82, 2.24) is 10.2 Å². The van der Waals surface area contributed by atoms with E-state index in [0.29, 0.717) is 27.5 Å². The van der Waals surface area contributed by atoms with E-state index in [9.17, 15) is 9.59 Å². The zero-order valence-electron chi connectivity index (χ0n) is 13.9. The second-order valence-corrected chi connectivity index (χ2v) is 7.26. The Labute approximate surface area is 153 Å². The maximum absolute atomic E-state index is 12.0. The minimum Gasteiger partial charge on any atom is -0.497 e. The summed E-state index contributed by atoms with van der Waals surface area (Å²) in [5.41, 5.74) is 0.619. The topological polar surface area (TPSA) is 102 Å². The van der Waals surface area contributed by atoms with E-state index in [-0.39, 0.29) is 5.97 Å². The minimum absolute atomic E-state index is 0.311. The van der Waals surface area contributed by atoms with E-state index in [4.69, 9.17) is 9.47 Å². The molecule has 1 atom stereocenters. The summed E-state index contributed by atoms with van der Waals surface area (Å²) in [4.78, 5) is 23.6. The van der Waals surface area contributed by atoms with Crippen molar-refractivity contribution in [3.05, 3.63) is 24.3 Å². The average molecular weight is 382 g/mol. The fraction of sp³-hybridized carbons (Fsp3) is 0.333. The fourth-order valence-corrected chi connectivity index (χ4v) is 3.59. The number of esters is 1. The predicted octanol–water partition coefficient (Wildman–Crippen LogP) is 3.23. The smallest absolute Gasteiger partial charge is 0.325 e. The Morgan fingerprint density at radius 1 is 1.24 bits per heavy atom. The highest BCUT2D eigenvalue weighted by molar-refractivity contribution is 8.02. The minimum atomic E-state index is -0.434. The molecule has 2 rings (SSSR count). The number of hydrogen-bond acceptors (Lipinski definition) is 8. The van der Waals surface area contributed by atoms with Crippen molar-refractivity contribution in [2.45, 2.75) is 23.4 Å². The molecule has 0 aliphatic heterocycles. The summed E-state index contributed by atoms with van der Waals surface area (Å²) in [7, 11) is 1.57. The van der Waals surface area contributed by atoms with Crippen LogP contribution < -0.4 is 15.4 Å². The zero-order chi connectivity index (χ0) is 18.2. The first kappa shape index (κ1) is 19.0. The van der Waals surface area contributed by atoms with Crippen molar-refractivity contribution in [1.29, 1.82) is 0 Å². The van der Waals surface area contributed by atoms with Gasteiger partial charge in [0, 0.05) is 5.69 Å². The van der Waals surface area contributed by atoms with Gasteiger partial charge in [0.15, 0.2) is 4.34 Å². The average Bonchev–Trinajstić information content (AvgIpc) is 3.02. The van der Waals surface area contributed by atoms with Gasteiger partial charge >= 0.3 is 12.0 Å². The van der Waals surface area contributed by atoms with Gasteiger partial charge in [0.1, 0.15) is 11.0 Å². The molecular weight excluding hydrogens is 364 g/mol. The number of benzene rings is 1. The lowest BCUT2D eigenvalue weighted by molar-refractivity contribution is -0.142. The second-order valence-electron chi connectivity index (χ2n) is 4.69. The Kier molecular flexibility index (Phi) is 7.02. The zero-order valence-corrected chi connectivity index (χ0v) is 15.6. The number of carbonyl (C=O) groups is 2. The number of aromatic nitrogens is 2. The Morgan fingerprint density at radius 3 is 2.60 bits per heavy atom. The van der Waals surface area contributed by atoms with Gasteiger partial charge in [-0.3, -0.25) is 10.1 Å². The molecular formula is C15H18N4O4S2. The number of anilines is 2. The summed E-state index contributed by atoms with van der Waals surface area (Å²) in [6.07, 6.45) is 0. The third kappa shape index (κ3) is 5.91. The number of methoxy groups -OCH3 is 1. The lowest BCUT2D eigenvalue weighted by Crippen LogP contribution is -2.19. The highest BCUT2D eigenvalue weighted by atomic mass is 32.2. The summed E-state index contributed by atoms with van der Waals surface area (Å²) in [6.45, 7) is 3.81. The lowest BCUT2D eigenvalue weighted by Gasteiger charge is -2.07. The molecule has 1 aromatic heterocycles. The quantitative estimate of drug-likeness (QED) is 0.430. The van der Waals surface area contributed by atoms with E-state index in [0.717, 1.165) is 0 Å². The van der Waals surface area contributed by atoms with Crippen molar-refractivity contribution >= 4 is 45.9 Å². The van der Waals surface area contributed by atoms with Gasteiger partial charge in [-0.1, -0.05) is 23.1 Å². The van der Waals surface area contributed by atoms with Crippen LogP contribution in [0.3, 0.4) is 0 Å². The standard InChI is InChI=1S/C15H18N4O4S2/c1-4-23-12(20)9(2)24-15-19-18-14(25-15)17-13(21)16-10-5-7-11(22-3)8-6-10/h5-9H,4H2,1-3H3,(H2,16,17,18,21)/t9-/m1/s1. The molecule has 2 amide bonds. The molecule has 0 fully saturated rings. The summed E-state index contributed by atoms with van der Waals surface area (Å²) in [6, 6.07) is 6.50. The molecule has 0 unspecified atom stereocenters. The van der Waals surface area contributed by atoms with E-state index < -0.39 is 11.3 Å². The molecule has 0 aliphatic rings. The lowest BCUT2D eigenvalue weighted by atomic mass is 10.3. The molecule has 1 aromatic carbocycles. The molecule has 25 heavy (non-hydrogen) atoms. The molecule has 0 spiro atoms. The highest BCUT2D eigenvalue weighted by Crippen LogP contribution is 2.29. The van der Waals surface area contributed by atoms with Gasteiger partial charge in [-0.15, -0.1) is 10.2 Å². The molecule has 2 N–H and O–H groups in total. The van der Waals surface area contributed by atoms with Crippen LogP contribution >= 0.6 is 23.1 Å². The number of nitrogens with zero attached hydrogens (tertiary/aromatic N) is 2. The number of urea groups is 1. The van der Waals surface area contributed by atoms with Gasteiger partial charge in [0.2, 0.25) is 5.13 Å². The van der Waals surface area contributed by atoms with E-state index in [1.54, 1.807) is 45.2 Å². The molecule has 134 valence electrons. The van der Waals surface area contributed by atoms with E-state index >= 15 is 0 Å². The SMILES string of the molecule is CCOC(=O)[C@@H](C)Sc1nnc(NC(=O)Nc2ccc(OC)cc2)s1. The van der Waals surface area contributed by atoms with Crippen LogP contribution in [0.5, 0.6) is 5.75 Å². The molecule has 0 saturated heterocycles. The van der Waals surface area contributed by atoms with Crippen LogP contribution in [0.2, 0.25) is 0 Å². The highest BCUT2D eigenvalue weighted by Gasteiger charge is 2.18. The summed E-state index contributed by atoms with van der Waals surface area (Å²) >= 11 is 2.42. The Hall–Kier alpha value is -2.33. The number of hydrogen-bond donors (Lipinski definition) is 2. The number of amides is 2. The number of carbonyl (C=O) groups excluding carboxylic acids is 2. The molecule has 0 bridgehead atoms. The van der Waals surface area contributed by atoms with Gasteiger partial charge < -0.3 is 14.8 Å². The van der Waals surface area contributed by atoms with E-state index in [1.807, 2.05) is 0 Å². The number of nitrogens with one attached hydrogen (secondary N) is 2.